The van der Waals surface area contributed by atoms with Crippen LogP contribution < -0.4 is 0 Å². The molecule has 0 amide bonds. The van der Waals surface area contributed by atoms with E-state index < -0.39 is 0 Å². The van der Waals surface area contributed by atoms with E-state index in [2.05, 4.69) is 43.3 Å². The smallest absolute Gasteiger partial charge is 0.0433 e. The maximum atomic E-state index is 8.87. The summed E-state index contributed by atoms with van der Waals surface area (Å²) in [4.78, 5) is 0. The Morgan fingerprint density at radius 1 is 1.27 bits per heavy atom. The lowest BCUT2D eigenvalue weighted by Gasteiger charge is -1.92. The molecule has 1 fully saturated rings. The molecule has 0 spiro atoms. The highest BCUT2D eigenvalue weighted by Crippen LogP contribution is 2.49. The highest BCUT2D eigenvalue weighted by atomic mass is 16.3. The minimum Gasteiger partial charge on any atom is -0.396 e. The molecule has 1 N–H and O–H groups in total. The van der Waals surface area contributed by atoms with E-state index in [9.17, 15) is 0 Å². The van der Waals surface area contributed by atoms with Crippen LogP contribution in [0.15, 0.2) is 36.4 Å². The second kappa shape index (κ2) is 4.63. The van der Waals surface area contributed by atoms with Crippen LogP contribution in [-0.2, 0) is 0 Å². The zero-order valence-corrected chi connectivity index (χ0v) is 9.13. The number of aliphatic hydroxyl groups excluding tert-OH is 1. The molecule has 1 aromatic rings. The molecule has 3 atom stereocenters. The maximum absolute atomic E-state index is 8.87. The summed E-state index contributed by atoms with van der Waals surface area (Å²) in [7, 11) is 0. The first kappa shape index (κ1) is 10.4. The third kappa shape index (κ3) is 2.48. The van der Waals surface area contributed by atoms with Gasteiger partial charge in [-0.25, -0.2) is 0 Å². The molecule has 0 unspecified atom stereocenters. The topological polar surface area (TPSA) is 20.2 Å². The lowest BCUT2D eigenvalue weighted by molar-refractivity contribution is 0.276. The first-order valence-corrected chi connectivity index (χ1v) is 5.67. The van der Waals surface area contributed by atoms with Crippen molar-refractivity contribution in [3.63, 3.8) is 0 Å². The van der Waals surface area contributed by atoms with Gasteiger partial charge in [0.1, 0.15) is 0 Å². The fraction of sp³-hybridized carbons (Fsp3) is 0.429. The van der Waals surface area contributed by atoms with Gasteiger partial charge in [-0.2, -0.15) is 0 Å². The lowest BCUT2D eigenvalue weighted by atomic mass is 10.1. The van der Waals surface area contributed by atoms with Gasteiger partial charge in [0.25, 0.3) is 0 Å². The van der Waals surface area contributed by atoms with Crippen molar-refractivity contribution in [1.82, 2.24) is 0 Å². The van der Waals surface area contributed by atoms with Crippen molar-refractivity contribution in [2.24, 2.45) is 17.8 Å². The summed E-state index contributed by atoms with van der Waals surface area (Å²) in [6, 6.07) is 10.4. The van der Waals surface area contributed by atoms with Gasteiger partial charge in [-0.1, -0.05) is 49.4 Å². The van der Waals surface area contributed by atoms with E-state index in [0.717, 1.165) is 12.3 Å². The molecule has 0 aromatic heterocycles. The zero-order chi connectivity index (χ0) is 10.7. The Labute approximate surface area is 91.4 Å². The van der Waals surface area contributed by atoms with Gasteiger partial charge >= 0.3 is 0 Å². The van der Waals surface area contributed by atoms with Crippen LogP contribution in [0.2, 0.25) is 0 Å². The van der Waals surface area contributed by atoms with E-state index in [1.807, 2.05) is 6.07 Å². The van der Waals surface area contributed by atoms with Crippen LogP contribution in [0.5, 0.6) is 0 Å². The van der Waals surface area contributed by atoms with Crippen molar-refractivity contribution >= 4 is 6.08 Å². The molecule has 1 aliphatic rings. The minimum atomic E-state index is 0.324. The molecule has 0 heterocycles. The third-order valence-electron chi connectivity index (χ3n) is 3.41. The number of rotatable bonds is 4. The van der Waals surface area contributed by atoms with Gasteiger partial charge in [0.2, 0.25) is 0 Å². The van der Waals surface area contributed by atoms with E-state index in [1.54, 1.807) is 0 Å². The quantitative estimate of drug-likeness (QED) is 0.796. The van der Waals surface area contributed by atoms with Crippen LogP contribution in [0.4, 0.5) is 0 Å². The molecule has 2 rings (SSSR count). The van der Waals surface area contributed by atoms with E-state index in [4.69, 9.17) is 5.11 Å². The Morgan fingerprint density at radius 2 is 2.00 bits per heavy atom. The summed E-state index contributed by atoms with van der Waals surface area (Å²) < 4.78 is 0. The molecule has 1 aliphatic carbocycles. The molecule has 0 radical (unpaired) electrons. The molecular formula is C14H18O. The Hall–Kier alpha value is -1.08. The van der Waals surface area contributed by atoms with Crippen LogP contribution in [0.25, 0.3) is 6.08 Å². The average Bonchev–Trinajstić information content (AvgIpc) is 2.88. The summed E-state index contributed by atoms with van der Waals surface area (Å²) in [5.74, 6) is 2.13. The minimum absolute atomic E-state index is 0.324. The van der Waals surface area contributed by atoms with Gasteiger partial charge in [0, 0.05) is 6.61 Å². The van der Waals surface area contributed by atoms with Crippen LogP contribution in [0, 0.1) is 17.8 Å². The highest BCUT2D eigenvalue weighted by molar-refractivity contribution is 5.49. The monoisotopic (exact) mass is 202 g/mol. The van der Waals surface area contributed by atoms with Gasteiger partial charge in [-0.3, -0.25) is 0 Å². The van der Waals surface area contributed by atoms with Crippen LogP contribution >= 0.6 is 0 Å². The molecule has 0 aliphatic heterocycles. The van der Waals surface area contributed by atoms with Crippen LogP contribution in [0.1, 0.15) is 18.9 Å². The SMILES string of the molecule is C[C@H]1[C@H](/C=C/c2ccccc2)[C@@H]1CCO. The molecular weight excluding hydrogens is 184 g/mol. The highest BCUT2D eigenvalue weighted by Gasteiger charge is 2.43. The first-order chi connectivity index (χ1) is 7.33. The Bertz CT molecular complexity index is 328. The predicted octanol–water partition coefficient (Wildman–Crippen LogP) is 2.96. The number of allylic oxidation sites excluding steroid dienone is 1. The lowest BCUT2D eigenvalue weighted by Crippen LogP contribution is -1.86. The second-order valence-electron chi connectivity index (χ2n) is 4.38. The summed E-state index contributed by atoms with van der Waals surface area (Å²) >= 11 is 0. The summed E-state index contributed by atoms with van der Waals surface area (Å²) in [6.45, 7) is 2.59. The van der Waals surface area contributed by atoms with Crippen molar-refractivity contribution in [3.05, 3.63) is 42.0 Å². The van der Waals surface area contributed by atoms with Gasteiger partial charge in [0.15, 0.2) is 0 Å². The molecule has 0 saturated heterocycles. The normalized spacial score (nSPS) is 29.6. The zero-order valence-electron chi connectivity index (χ0n) is 9.13. The van der Waals surface area contributed by atoms with Crippen molar-refractivity contribution in [3.8, 4) is 0 Å². The number of aliphatic hydroxyl groups is 1. The summed E-state index contributed by atoms with van der Waals surface area (Å²) in [6.07, 6.45) is 5.43. The van der Waals surface area contributed by atoms with E-state index >= 15 is 0 Å². The maximum Gasteiger partial charge on any atom is 0.0433 e. The fourth-order valence-corrected chi connectivity index (χ4v) is 2.29. The van der Waals surface area contributed by atoms with E-state index in [-0.39, 0.29) is 0 Å². The van der Waals surface area contributed by atoms with E-state index in [1.165, 1.54) is 5.56 Å². The molecule has 1 heteroatoms. The van der Waals surface area contributed by atoms with Gasteiger partial charge in [-0.05, 0) is 29.7 Å². The molecule has 0 bridgehead atoms. The standard InChI is InChI=1S/C14H18O/c1-11-13(14(11)9-10-15)8-7-12-5-3-2-4-6-12/h2-8,11,13-15H,9-10H2,1H3/b8-7+/t11-,13-,14+/m0/s1. The molecule has 1 aromatic carbocycles. The molecule has 80 valence electrons. The molecule has 15 heavy (non-hydrogen) atoms. The Morgan fingerprint density at radius 3 is 2.67 bits per heavy atom. The molecule has 1 nitrogen and oxygen atoms in total. The largest absolute Gasteiger partial charge is 0.396 e. The van der Waals surface area contributed by atoms with Crippen molar-refractivity contribution < 1.29 is 5.11 Å². The van der Waals surface area contributed by atoms with Crippen molar-refractivity contribution in [2.45, 2.75) is 13.3 Å². The Kier molecular flexibility index (Phi) is 3.22. The van der Waals surface area contributed by atoms with Crippen molar-refractivity contribution in [1.29, 1.82) is 0 Å². The van der Waals surface area contributed by atoms with E-state index in [0.29, 0.717) is 18.4 Å². The van der Waals surface area contributed by atoms with Gasteiger partial charge in [0.05, 0.1) is 0 Å². The number of benzene rings is 1. The Balaban J connectivity index is 1.91. The van der Waals surface area contributed by atoms with Gasteiger partial charge in [-0.15, -0.1) is 0 Å². The predicted molar refractivity (Wildman–Crippen MR) is 63.3 cm³/mol. The number of hydrogen-bond donors (Lipinski definition) is 1. The second-order valence-corrected chi connectivity index (χ2v) is 4.38. The first-order valence-electron chi connectivity index (χ1n) is 5.67. The van der Waals surface area contributed by atoms with Gasteiger partial charge < -0.3 is 5.11 Å². The third-order valence-corrected chi connectivity index (χ3v) is 3.41. The average molecular weight is 202 g/mol. The van der Waals surface area contributed by atoms with Crippen molar-refractivity contribution in [2.75, 3.05) is 6.61 Å². The molecule has 1 saturated carbocycles. The number of hydrogen-bond acceptors (Lipinski definition) is 1. The summed E-state index contributed by atoms with van der Waals surface area (Å²) in [5, 5.41) is 8.87. The fourth-order valence-electron chi connectivity index (χ4n) is 2.29. The van der Waals surface area contributed by atoms with Crippen LogP contribution in [0.3, 0.4) is 0 Å². The van der Waals surface area contributed by atoms with Crippen LogP contribution in [-0.4, -0.2) is 11.7 Å². The summed E-state index contributed by atoms with van der Waals surface area (Å²) in [5.41, 5.74) is 1.26.